The number of amides is 2. The molecule has 230 valence electrons. The molecule has 12 heteroatoms. The Balaban J connectivity index is 2.00. The molecule has 0 aromatic heterocycles. The second-order valence-electron chi connectivity index (χ2n) is 9.57. The lowest BCUT2D eigenvalue weighted by Crippen LogP contribution is -2.56. The quantitative estimate of drug-likeness (QED) is 0.205. The summed E-state index contributed by atoms with van der Waals surface area (Å²) in [6.45, 7) is 1.76. The molecule has 11 nitrogen and oxygen atoms in total. The highest BCUT2D eigenvalue weighted by atomic mass is 127. The number of benzene rings is 2. The SMILES string of the molecule is CCOCC(=O)N(CCc1ccccc1OC)[C@@H]1CC(C(=O)NCCO)=C[C@H](Oc2c(I)cc(CO)cc2OC)[C@H]1O. The first-order valence-corrected chi connectivity index (χ1v) is 14.8. The predicted octanol–water partition coefficient (Wildman–Crippen LogP) is 1.82. The highest BCUT2D eigenvalue weighted by molar-refractivity contribution is 14.1. The summed E-state index contributed by atoms with van der Waals surface area (Å²) in [6, 6.07) is 10.0. The summed E-state index contributed by atoms with van der Waals surface area (Å²) >= 11 is 2.05. The van der Waals surface area contributed by atoms with Gasteiger partial charge in [-0.25, -0.2) is 0 Å². The molecule has 3 rings (SSSR count). The molecular weight excluding hydrogens is 659 g/mol. The number of nitrogens with zero attached hydrogens (tertiary/aromatic N) is 1. The van der Waals surface area contributed by atoms with Crippen molar-refractivity contribution in [1.82, 2.24) is 10.2 Å². The summed E-state index contributed by atoms with van der Waals surface area (Å²) in [5, 5.41) is 33.2. The summed E-state index contributed by atoms with van der Waals surface area (Å²) in [7, 11) is 3.05. The van der Waals surface area contributed by atoms with Crippen LogP contribution in [-0.2, 0) is 27.4 Å². The molecule has 2 aromatic carbocycles. The molecule has 0 radical (unpaired) electrons. The van der Waals surface area contributed by atoms with Crippen LogP contribution in [0, 0.1) is 3.57 Å². The van der Waals surface area contributed by atoms with E-state index in [0.29, 0.717) is 45.0 Å². The molecule has 2 amide bonds. The fourth-order valence-electron chi connectivity index (χ4n) is 4.79. The first-order chi connectivity index (χ1) is 20.3. The van der Waals surface area contributed by atoms with E-state index in [1.165, 1.54) is 18.1 Å². The number of aliphatic hydroxyl groups excluding tert-OH is 3. The number of para-hydroxylation sites is 1. The topological polar surface area (TPSA) is 147 Å². The molecule has 3 atom stereocenters. The number of ether oxygens (including phenoxy) is 4. The van der Waals surface area contributed by atoms with E-state index < -0.39 is 24.2 Å². The molecule has 0 spiro atoms. The van der Waals surface area contributed by atoms with Crippen LogP contribution in [0.25, 0.3) is 0 Å². The van der Waals surface area contributed by atoms with Crippen LogP contribution in [0.5, 0.6) is 17.2 Å². The number of nitrogens with one attached hydrogen (secondary N) is 1. The first kappa shape index (κ1) is 33.6. The Hall–Kier alpha value is -2.91. The third-order valence-corrected chi connectivity index (χ3v) is 7.71. The molecule has 1 aliphatic rings. The van der Waals surface area contributed by atoms with Crippen molar-refractivity contribution in [3.05, 3.63) is 62.7 Å². The lowest BCUT2D eigenvalue weighted by Gasteiger charge is -2.40. The van der Waals surface area contributed by atoms with Crippen LogP contribution in [0.2, 0.25) is 0 Å². The van der Waals surface area contributed by atoms with Crippen LogP contribution >= 0.6 is 22.6 Å². The van der Waals surface area contributed by atoms with E-state index >= 15 is 0 Å². The standard InChI is InChI=1S/C30H39IN2O9/c1-4-41-18-27(36)33(11-9-20-7-5-6-8-24(20)39-2)23-15-21(30(38)32-10-12-34)16-25(28(23)37)42-29-22(31)13-19(17-35)14-26(29)40-3/h5-8,13-14,16,23,25,28,34-35,37H,4,9-12,15,17-18H2,1-3H3,(H,32,38)/t23-,25+,28+/m1/s1. The molecule has 0 fully saturated rings. The number of halogens is 1. The number of hydrogen-bond acceptors (Lipinski definition) is 9. The molecule has 4 N–H and O–H groups in total. The second-order valence-corrected chi connectivity index (χ2v) is 10.7. The smallest absolute Gasteiger partial charge is 0.248 e. The molecule has 0 bridgehead atoms. The zero-order valence-corrected chi connectivity index (χ0v) is 26.2. The highest BCUT2D eigenvalue weighted by Gasteiger charge is 2.41. The molecule has 0 saturated carbocycles. The lowest BCUT2D eigenvalue weighted by molar-refractivity contribution is -0.143. The Bertz CT molecular complexity index is 1240. The first-order valence-electron chi connectivity index (χ1n) is 13.7. The van der Waals surface area contributed by atoms with Crippen molar-refractivity contribution in [2.75, 3.05) is 47.1 Å². The van der Waals surface area contributed by atoms with E-state index in [1.54, 1.807) is 26.2 Å². The van der Waals surface area contributed by atoms with Crippen molar-refractivity contribution in [3.8, 4) is 17.2 Å². The van der Waals surface area contributed by atoms with Gasteiger partial charge in [-0.05, 0) is 71.3 Å². The molecule has 0 saturated heterocycles. The number of carbonyl (C=O) groups is 2. The number of aliphatic hydroxyl groups is 3. The van der Waals surface area contributed by atoms with Gasteiger partial charge in [0.15, 0.2) is 11.5 Å². The average Bonchev–Trinajstić information content (AvgIpc) is 3.00. The van der Waals surface area contributed by atoms with Crippen molar-refractivity contribution >= 4 is 34.4 Å². The van der Waals surface area contributed by atoms with Crippen molar-refractivity contribution < 1.29 is 43.9 Å². The third-order valence-electron chi connectivity index (χ3n) is 6.90. The monoisotopic (exact) mass is 698 g/mol. The Kier molecular flexibility index (Phi) is 13.3. The molecule has 1 aliphatic carbocycles. The van der Waals surface area contributed by atoms with Crippen molar-refractivity contribution in [3.63, 3.8) is 0 Å². The largest absolute Gasteiger partial charge is 0.496 e. The minimum Gasteiger partial charge on any atom is -0.496 e. The number of carbonyl (C=O) groups excluding carboxylic acids is 2. The van der Waals surface area contributed by atoms with Gasteiger partial charge in [0.2, 0.25) is 11.8 Å². The van der Waals surface area contributed by atoms with Gasteiger partial charge < -0.3 is 44.5 Å². The van der Waals surface area contributed by atoms with Gasteiger partial charge in [-0.2, -0.15) is 0 Å². The number of hydrogen-bond donors (Lipinski definition) is 4. The van der Waals surface area contributed by atoms with Gasteiger partial charge in [-0.3, -0.25) is 9.59 Å². The second kappa shape index (κ2) is 16.7. The molecule has 2 aromatic rings. The van der Waals surface area contributed by atoms with Crippen LogP contribution in [0.3, 0.4) is 0 Å². The van der Waals surface area contributed by atoms with E-state index in [4.69, 9.17) is 18.9 Å². The van der Waals surface area contributed by atoms with Crippen molar-refractivity contribution in [2.45, 2.75) is 44.6 Å². The molecule has 0 unspecified atom stereocenters. The minimum atomic E-state index is -1.22. The summed E-state index contributed by atoms with van der Waals surface area (Å²) in [5.74, 6) is 0.574. The van der Waals surface area contributed by atoms with Crippen molar-refractivity contribution in [1.29, 1.82) is 0 Å². The van der Waals surface area contributed by atoms with Crippen molar-refractivity contribution in [2.24, 2.45) is 0 Å². The van der Waals surface area contributed by atoms with Gasteiger partial charge in [-0.15, -0.1) is 0 Å². The maximum atomic E-state index is 13.5. The van der Waals surface area contributed by atoms with E-state index in [2.05, 4.69) is 27.9 Å². The molecule has 0 aliphatic heterocycles. The summed E-state index contributed by atoms with van der Waals surface area (Å²) in [4.78, 5) is 28.1. The van der Waals surface area contributed by atoms with Crippen LogP contribution in [-0.4, -0.2) is 97.4 Å². The van der Waals surface area contributed by atoms with E-state index in [9.17, 15) is 24.9 Å². The third kappa shape index (κ3) is 8.57. The molecule has 42 heavy (non-hydrogen) atoms. The van der Waals surface area contributed by atoms with E-state index in [1.807, 2.05) is 24.3 Å². The number of rotatable bonds is 15. The molecular formula is C30H39IN2O9. The van der Waals surface area contributed by atoms with E-state index in [0.717, 1.165) is 5.56 Å². The summed E-state index contributed by atoms with van der Waals surface area (Å²) < 4.78 is 23.3. The van der Waals surface area contributed by atoms with Gasteiger partial charge in [0, 0.05) is 31.7 Å². The maximum absolute atomic E-state index is 13.5. The Labute approximate surface area is 259 Å². The maximum Gasteiger partial charge on any atom is 0.248 e. The Morgan fingerprint density at radius 2 is 1.86 bits per heavy atom. The molecule has 0 heterocycles. The normalized spacial score (nSPS) is 18.2. The average molecular weight is 699 g/mol. The zero-order chi connectivity index (χ0) is 30.6. The van der Waals surface area contributed by atoms with Gasteiger partial charge in [0.25, 0.3) is 0 Å². The van der Waals surface area contributed by atoms with Crippen LogP contribution in [0.1, 0.15) is 24.5 Å². The van der Waals surface area contributed by atoms with Gasteiger partial charge >= 0.3 is 0 Å². The van der Waals surface area contributed by atoms with Gasteiger partial charge in [0.1, 0.15) is 24.6 Å². The van der Waals surface area contributed by atoms with Gasteiger partial charge in [-0.1, -0.05) is 18.2 Å². The Morgan fingerprint density at radius 1 is 1.12 bits per heavy atom. The minimum absolute atomic E-state index is 0.0457. The van der Waals surface area contributed by atoms with E-state index in [-0.39, 0.29) is 45.2 Å². The summed E-state index contributed by atoms with van der Waals surface area (Å²) in [6.07, 6.45) is -0.231. The fourth-order valence-corrected chi connectivity index (χ4v) is 5.59. The zero-order valence-electron chi connectivity index (χ0n) is 24.0. The van der Waals surface area contributed by atoms with Crippen LogP contribution < -0.4 is 19.5 Å². The van der Waals surface area contributed by atoms with Gasteiger partial charge in [0.05, 0.1) is 37.0 Å². The summed E-state index contributed by atoms with van der Waals surface area (Å²) in [5.41, 5.74) is 1.80. The van der Waals surface area contributed by atoms with Crippen LogP contribution in [0.4, 0.5) is 0 Å². The highest BCUT2D eigenvalue weighted by Crippen LogP contribution is 2.37. The Morgan fingerprint density at radius 3 is 2.52 bits per heavy atom. The predicted molar refractivity (Wildman–Crippen MR) is 164 cm³/mol. The van der Waals surface area contributed by atoms with Crippen LogP contribution in [0.15, 0.2) is 48.0 Å². The lowest BCUT2D eigenvalue weighted by atomic mass is 9.88. The fraction of sp³-hybridized carbons (Fsp3) is 0.467. The number of methoxy groups -OCH3 is 2.